The van der Waals surface area contributed by atoms with Crippen LogP contribution < -0.4 is 5.46 Å². The highest BCUT2D eigenvalue weighted by atomic mass is 79.9. The van der Waals surface area contributed by atoms with E-state index in [0.717, 1.165) is 20.9 Å². The third-order valence-corrected chi connectivity index (χ3v) is 2.72. The van der Waals surface area contributed by atoms with Crippen molar-refractivity contribution in [3.63, 3.8) is 0 Å². The second kappa shape index (κ2) is 3.92. The van der Waals surface area contributed by atoms with E-state index in [1.165, 1.54) is 6.20 Å². The molecule has 2 rings (SSSR count). The van der Waals surface area contributed by atoms with Crippen molar-refractivity contribution in [3.05, 3.63) is 34.4 Å². The van der Waals surface area contributed by atoms with Crippen molar-refractivity contribution < 1.29 is 10.0 Å². The molecule has 0 saturated heterocycles. The predicted molar refractivity (Wildman–Crippen MR) is 64.0 cm³/mol. The summed E-state index contributed by atoms with van der Waals surface area (Å²) < 4.78 is 0.957. The zero-order valence-corrected chi connectivity index (χ0v) is 9.69. The van der Waals surface area contributed by atoms with Crippen LogP contribution in [0.4, 0.5) is 0 Å². The number of halogens is 1. The lowest BCUT2D eigenvalue weighted by atomic mass is 9.81. The van der Waals surface area contributed by atoms with E-state index in [1.54, 1.807) is 6.07 Å². The first-order valence-electron chi connectivity index (χ1n) is 4.50. The van der Waals surface area contributed by atoms with Crippen LogP contribution in [0, 0.1) is 6.92 Å². The number of aromatic nitrogens is 1. The van der Waals surface area contributed by atoms with Crippen molar-refractivity contribution in [2.75, 3.05) is 0 Å². The average Bonchev–Trinajstić information content (AvgIpc) is 2.16. The Labute approximate surface area is 96.0 Å². The van der Waals surface area contributed by atoms with Crippen molar-refractivity contribution in [3.8, 4) is 0 Å². The molecule has 1 heterocycles. The minimum absolute atomic E-state index is 0.403. The molecule has 1 aromatic heterocycles. The van der Waals surface area contributed by atoms with Gasteiger partial charge in [0.1, 0.15) is 0 Å². The van der Waals surface area contributed by atoms with Crippen LogP contribution in [-0.2, 0) is 0 Å². The van der Waals surface area contributed by atoms with Gasteiger partial charge in [-0.1, -0.05) is 22.0 Å². The largest absolute Gasteiger partial charge is 0.490 e. The lowest BCUT2D eigenvalue weighted by Gasteiger charge is -2.05. The van der Waals surface area contributed by atoms with E-state index < -0.39 is 7.12 Å². The van der Waals surface area contributed by atoms with Gasteiger partial charge in [0, 0.05) is 21.5 Å². The molecule has 0 bridgehead atoms. The minimum Gasteiger partial charge on any atom is -0.423 e. The van der Waals surface area contributed by atoms with Gasteiger partial charge in [-0.2, -0.15) is 0 Å². The van der Waals surface area contributed by atoms with Crippen molar-refractivity contribution in [2.24, 2.45) is 0 Å². The van der Waals surface area contributed by atoms with Crippen LogP contribution in [0.2, 0.25) is 0 Å². The molecule has 0 atom stereocenters. The quantitative estimate of drug-likeness (QED) is 0.756. The summed E-state index contributed by atoms with van der Waals surface area (Å²) in [6.07, 6.45) is 1.48. The molecule has 5 heteroatoms. The monoisotopic (exact) mass is 265 g/mol. The summed E-state index contributed by atoms with van der Waals surface area (Å²) in [5.41, 5.74) is 2.33. The summed E-state index contributed by atoms with van der Waals surface area (Å²) in [5, 5.41) is 18.9. The lowest BCUT2D eigenvalue weighted by Crippen LogP contribution is -2.30. The Bertz CT molecular complexity index is 516. The van der Waals surface area contributed by atoms with Gasteiger partial charge >= 0.3 is 7.12 Å². The van der Waals surface area contributed by atoms with Gasteiger partial charge in [0.2, 0.25) is 0 Å². The highest BCUT2D eigenvalue weighted by Crippen LogP contribution is 2.21. The second-order valence-corrected chi connectivity index (χ2v) is 4.35. The topological polar surface area (TPSA) is 53.4 Å². The second-order valence-electron chi connectivity index (χ2n) is 3.44. The van der Waals surface area contributed by atoms with E-state index >= 15 is 0 Å². The van der Waals surface area contributed by atoms with Gasteiger partial charge in [-0.05, 0) is 24.6 Å². The zero-order chi connectivity index (χ0) is 11.0. The first-order valence-corrected chi connectivity index (χ1v) is 5.29. The standard InChI is InChI=1S/C10H9BBrNO2/c1-6-2-9(12)4-7-3-8(11(14)15)5-13-10(6)7/h2-5,14-15H,1H3. The molecule has 0 fully saturated rings. The molecule has 0 radical (unpaired) electrons. The van der Waals surface area contributed by atoms with Crippen LogP contribution in [0.15, 0.2) is 28.9 Å². The normalized spacial score (nSPS) is 10.7. The molecule has 0 saturated carbocycles. The highest BCUT2D eigenvalue weighted by Gasteiger charge is 2.12. The molecular weight excluding hydrogens is 257 g/mol. The minimum atomic E-state index is -1.47. The number of rotatable bonds is 1. The average molecular weight is 266 g/mol. The third kappa shape index (κ3) is 2.04. The Balaban J connectivity index is 2.71. The van der Waals surface area contributed by atoms with Crippen molar-refractivity contribution in [2.45, 2.75) is 6.92 Å². The van der Waals surface area contributed by atoms with Crippen LogP contribution in [0.1, 0.15) is 5.56 Å². The maximum Gasteiger partial charge on any atom is 0.490 e. The van der Waals surface area contributed by atoms with E-state index in [1.807, 2.05) is 19.1 Å². The number of hydrogen-bond acceptors (Lipinski definition) is 3. The third-order valence-electron chi connectivity index (χ3n) is 2.26. The zero-order valence-electron chi connectivity index (χ0n) is 8.11. The number of aryl methyl sites for hydroxylation is 1. The fourth-order valence-corrected chi connectivity index (χ4v) is 2.13. The first kappa shape index (κ1) is 10.6. The number of pyridine rings is 1. The Morgan fingerprint density at radius 1 is 1.27 bits per heavy atom. The predicted octanol–water partition coefficient (Wildman–Crippen LogP) is 0.986. The van der Waals surface area contributed by atoms with Crippen LogP contribution in [-0.4, -0.2) is 22.2 Å². The first-order chi connectivity index (χ1) is 7.08. The van der Waals surface area contributed by atoms with Gasteiger partial charge in [0.25, 0.3) is 0 Å². The molecule has 0 aliphatic heterocycles. The molecule has 15 heavy (non-hydrogen) atoms. The maximum absolute atomic E-state index is 9.03. The molecule has 1 aromatic carbocycles. The Morgan fingerprint density at radius 2 is 2.00 bits per heavy atom. The molecule has 2 N–H and O–H groups in total. The van der Waals surface area contributed by atoms with Gasteiger partial charge in [0.15, 0.2) is 0 Å². The summed E-state index contributed by atoms with van der Waals surface area (Å²) in [7, 11) is -1.47. The Hall–Kier alpha value is -0.905. The fourth-order valence-electron chi connectivity index (χ4n) is 1.54. The summed E-state index contributed by atoms with van der Waals surface area (Å²) in [6, 6.07) is 5.61. The Morgan fingerprint density at radius 3 is 2.67 bits per heavy atom. The van der Waals surface area contributed by atoms with Gasteiger partial charge in [-0.3, -0.25) is 4.98 Å². The van der Waals surface area contributed by atoms with Gasteiger partial charge < -0.3 is 10.0 Å². The SMILES string of the molecule is Cc1cc(Br)cc2cc(B(O)O)cnc12. The van der Waals surface area contributed by atoms with Crippen molar-refractivity contribution >= 4 is 39.4 Å². The number of fused-ring (bicyclic) bond motifs is 1. The summed E-state index contributed by atoms with van der Waals surface area (Å²) >= 11 is 3.39. The maximum atomic E-state index is 9.03. The molecule has 0 aliphatic carbocycles. The molecule has 2 aromatic rings. The molecule has 0 spiro atoms. The summed E-state index contributed by atoms with van der Waals surface area (Å²) in [4.78, 5) is 4.20. The van der Waals surface area contributed by atoms with Crippen LogP contribution in [0.5, 0.6) is 0 Å². The van der Waals surface area contributed by atoms with Gasteiger partial charge in [-0.25, -0.2) is 0 Å². The van der Waals surface area contributed by atoms with E-state index in [9.17, 15) is 0 Å². The molecule has 0 aliphatic rings. The highest BCUT2D eigenvalue weighted by molar-refractivity contribution is 9.10. The summed E-state index contributed by atoms with van der Waals surface area (Å²) in [5.74, 6) is 0. The fraction of sp³-hybridized carbons (Fsp3) is 0.100. The molecule has 0 amide bonds. The van der Waals surface area contributed by atoms with Crippen molar-refractivity contribution in [1.82, 2.24) is 4.98 Å². The lowest BCUT2D eigenvalue weighted by molar-refractivity contribution is 0.425. The van der Waals surface area contributed by atoms with E-state index in [4.69, 9.17) is 10.0 Å². The van der Waals surface area contributed by atoms with Crippen molar-refractivity contribution in [1.29, 1.82) is 0 Å². The van der Waals surface area contributed by atoms with Gasteiger partial charge in [0.05, 0.1) is 5.52 Å². The Kier molecular flexibility index (Phi) is 2.77. The van der Waals surface area contributed by atoms with Crippen LogP contribution in [0.25, 0.3) is 10.9 Å². The molecular formula is C10H9BBrNO2. The number of benzene rings is 1. The van der Waals surface area contributed by atoms with E-state index in [0.29, 0.717) is 5.46 Å². The number of hydrogen-bond donors (Lipinski definition) is 2. The molecule has 0 unspecified atom stereocenters. The number of nitrogens with zero attached hydrogens (tertiary/aromatic N) is 1. The van der Waals surface area contributed by atoms with E-state index in [-0.39, 0.29) is 0 Å². The van der Waals surface area contributed by atoms with E-state index in [2.05, 4.69) is 20.9 Å². The van der Waals surface area contributed by atoms with Crippen LogP contribution in [0.3, 0.4) is 0 Å². The van der Waals surface area contributed by atoms with Crippen LogP contribution >= 0.6 is 15.9 Å². The van der Waals surface area contributed by atoms with Gasteiger partial charge in [-0.15, -0.1) is 0 Å². The molecule has 3 nitrogen and oxygen atoms in total. The summed E-state index contributed by atoms with van der Waals surface area (Å²) in [6.45, 7) is 1.97. The molecule has 76 valence electrons. The smallest absolute Gasteiger partial charge is 0.423 e.